The van der Waals surface area contributed by atoms with E-state index in [0.29, 0.717) is 6.61 Å². The number of methoxy groups -OCH3 is 1. The Balaban J connectivity index is 1.50. The smallest absolute Gasteiger partial charge is 0.252 e. The molecule has 6 nitrogen and oxygen atoms in total. The molecule has 2 aromatic rings. The van der Waals surface area contributed by atoms with Gasteiger partial charge in [-0.3, -0.25) is 4.79 Å². The average molecular weight is 338 g/mol. The molecule has 1 amide bonds. The van der Waals surface area contributed by atoms with E-state index in [0.717, 1.165) is 42.5 Å². The maximum atomic E-state index is 12.0. The van der Waals surface area contributed by atoms with E-state index in [1.807, 2.05) is 16.8 Å². The summed E-state index contributed by atoms with van der Waals surface area (Å²) in [6.45, 7) is 2.22. The van der Waals surface area contributed by atoms with E-state index in [1.165, 1.54) is 11.5 Å². The van der Waals surface area contributed by atoms with Crippen molar-refractivity contribution in [2.75, 3.05) is 25.1 Å². The summed E-state index contributed by atoms with van der Waals surface area (Å²) in [4.78, 5) is 18.7. The van der Waals surface area contributed by atoms with Gasteiger partial charge >= 0.3 is 0 Å². The van der Waals surface area contributed by atoms with Crippen LogP contribution in [0, 0.1) is 0 Å². The van der Waals surface area contributed by atoms with Crippen molar-refractivity contribution in [3.63, 3.8) is 0 Å². The Hall–Kier alpha value is -1.51. The van der Waals surface area contributed by atoms with Crippen LogP contribution in [0.4, 0.5) is 5.13 Å². The zero-order chi connectivity index (χ0) is 15.4. The molecule has 22 heavy (non-hydrogen) atoms. The Bertz CT molecular complexity index is 606. The van der Waals surface area contributed by atoms with Crippen LogP contribution in [-0.4, -0.2) is 41.5 Å². The number of nitrogens with zero attached hydrogens (tertiary/aromatic N) is 3. The molecule has 1 saturated heterocycles. The van der Waals surface area contributed by atoms with Crippen molar-refractivity contribution in [1.29, 1.82) is 0 Å². The maximum absolute atomic E-state index is 12.0. The number of ether oxygens (including phenoxy) is 1. The number of hydrogen-bond donors (Lipinski definition) is 1. The molecule has 1 aliphatic rings. The van der Waals surface area contributed by atoms with E-state index in [1.54, 1.807) is 18.4 Å². The van der Waals surface area contributed by atoms with Gasteiger partial charge < -0.3 is 15.0 Å². The fourth-order valence-corrected chi connectivity index (χ4v) is 3.80. The largest absolute Gasteiger partial charge is 0.377 e. The number of carbonyl (C=O) groups excluding carboxylic acids is 1. The van der Waals surface area contributed by atoms with E-state index in [-0.39, 0.29) is 11.9 Å². The van der Waals surface area contributed by atoms with Gasteiger partial charge in [0.2, 0.25) is 5.13 Å². The van der Waals surface area contributed by atoms with Gasteiger partial charge in [0.05, 0.1) is 0 Å². The van der Waals surface area contributed by atoms with Crippen LogP contribution in [0.1, 0.15) is 29.0 Å². The number of piperidine rings is 1. The Morgan fingerprint density at radius 3 is 3.00 bits per heavy atom. The van der Waals surface area contributed by atoms with Gasteiger partial charge in [-0.15, -0.1) is 0 Å². The van der Waals surface area contributed by atoms with Crippen molar-refractivity contribution in [3.05, 3.63) is 28.2 Å². The van der Waals surface area contributed by atoms with Gasteiger partial charge in [-0.05, 0) is 24.3 Å². The minimum Gasteiger partial charge on any atom is -0.377 e. The SMILES string of the molecule is COCc1nsc(N2CCC(NC(=O)c3ccsc3)CC2)n1. The van der Waals surface area contributed by atoms with Crippen LogP contribution < -0.4 is 10.2 Å². The summed E-state index contributed by atoms with van der Waals surface area (Å²) in [5.74, 6) is 0.758. The van der Waals surface area contributed by atoms with E-state index in [2.05, 4.69) is 19.6 Å². The van der Waals surface area contributed by atoms with Crippen molar-refractivity contribution in [1.82, 2.24) is 14.7 Å². The number of aromatic nitrogens is 2. The molecule has 0 bridgehead atoms. The lowest BCUT2D eigenvalue weighted by molar-refractivity contribution is 0.0931. The fraction of sp³-hybridized carbons (Fsp3) is 0.500. The number of nitrogens with one attached hydrogen (secondary N) is 1. The van der Waals surface area contributed by atoms with Crippen LogP contribution in [0.3, 0.4) is 0 Å². The summed E-state index contributed by atoms with van der Waals surface area (Å²) in [7, 11) is 1.64. The molecular formula is C14H18N4O2S2. The van der Waals surface area contributed by atoms with E-state index in [4.69, 9.17) is 4.74 Å². The van der Waals surface area contributed by atoms with Crippen molar-refractivity contribution < 1.29 is 9.53 Å². The first kappa shape index (κ1) is 15.4. The zero-order valence-electron chi connectivity index (χ0n) is 12.3. The monoisotopic (exact) mass is 338 g/mol. The summed E-state index contributed by atoms with van der Waals surface area (Å²) < 4.78 is 9.32. The number of carbonyl (C=O) groups is 1. The molecule has 0 spiro atoms. The molecule has 1 fully saturated rings. The fourth-order valence-electron chi connectivity index (χ4n) is 2.44. The van der Waals surface area contributed by atoms with Gasteiger partial charge in [0.15, 0.2) is 5.82 Å². The molecule has 1 N–H and O–H groups in total. The lowest BCUT2D eigenvalue weighted by Gasteiger charge is -2.31. The number of rotatable bonds is 5. The van der Waals surface area contributed by atoms with Gasteiger partial charge in [-0.25, -0.2) is 4.98 Å². The number of amides is 1. The molecule has 0 atom stereocenters. The van der Waals surface area contributed by atoms with Gasteiger partial charge in [0.1, 0.15) is 6.61 Å². The number of hydrogen-bond acceptors (Lipinski definition) is 7. The van der Waals surface area contributed by atoms with Crippen molar-refractivity contribution >= 4 is 33.9 Å². The topological polar surface area (TPSA) is 67.3 Å². The molecule has 0 unspecified atom stereocenters. The lowest BCUT2D eigenvalue weighted by atomic mass is 10.1. The third-order valence-electron chi connectivity index (χ3n) is 3.61. The molecule has 8 heteroatoms. The minimum absolute atomic E-state index is 0.0259. The first-order chi connectivity index (χ1) is 10.8. The Kier molecular flexibility index (Phi) is 5.01. The average Bonchev–Trinajstić information content (AvgIpc) is 3.20. The summed E-state index contributed by atoms with van der Waals surface area (Å²) in [5.41, 5.74) is 0.751. The molecule has 2 aromatic heterocycles. The molecule has 3 rings (SSSR count). The summed E-state index contributed by atoms with van der Waals surface area (Å²) in [5, 5.41) is 7.85. The van der Waals surface area contributed by atoms with Gasteiger partial charge in [-0.2, -0.15) is 15.7 Å². The second kappa shape index (κ2) is 7.17. The number of thiophene rings is 1. The normalized spacial score (nSPS) is 16.0. The third kappa shape index (κ3) is 3.63. The molecule has 3 heterocycles. The highest BCUT2D eigenvalue weighted by atomic mass is 32.1. The highest BCUT2D eigenvalue weighted by molar-refractivity contribution is 7.09. The van der Waals surface area contributed by atoms with E-state index in [9.17, 15) is 4.79 Å². The summed E-state index contributed by atoms with van der Waals surface area (Å²) >= 11 is 2.95. The van der Waals surface area contributed by atoms with Gasteiger partial charge in [0.25, 0.3) is 5.91 Å². The first-order valence-electron chi connectivity index (χ1n) is 7.16. The lowest BCUT2D eigenvalue weighted by Crippen LogP contribution is -2.44. The van der Waals surface area contributed by atoms with Crippen molar-refractivity contribution in [3.8, 4) is 0 Å². The number of anilines is 1. The molecule has 0 aliphatic carbocycles. The molecular weight excluding hydrogens is 320 g/mol. The molecule has 0 aromatic carbocycles. The molecule has 1 aliphatic heterocycles. The van der Waals surface area contributed by atoms with Crippen molar-refractivity contribution in [2.45, 2.75) is 25.5 Å². The second-order valence-electron chi connectivity index (χ2n) is 5.17. The Morgan fingerprint density at radius 1 is 1.50 bits per heavy atom. The van der Waals surface area contributed by atoms with Crippen molar-refractivity contribution in [2.24, 2.45) is 0 Å². The minimum atomic E-state index is 0.0259. The Labute approximate surface area is 137 Å². The van der Waals surface area contributed by atoms with E-state index >= 15 is 0 Å². The zero-order valence-corrected chi connectivity index (χ0v) is 14.0. The Morgan fingerprint density at radius 2 is 2.32 bits per heavy atom. The highest BCUT2D eigenvalue weighted by Gasteiger charge is 2.23. The highest BCUT2D eigenvalue weighted by Crippen LogP contribution is 2.22. The summed E-state index contributed by atoms with van der Waals surface area (Å²) in [6.07, 6.45) is 1.85. The van der Waals surface area contributed by atoms with Crippen LogP contribution in [0.25, 0.3) is 0 Å². The van der Waals surface area contributed by atoms with Crippen LogP contribution in [0.2, 0.25) is 0 Å². The van der Waals surface area contributed by atoms with Crippen LogP contribution in [-0.2, 0) is 11.3 Å². The quantitative estimate of drug-likeness (QED) is 0.905. The van der Waals surface area contributed by atoms with Gasteiger partial charge in [-0.1, -0.05) is 0 Å². The summed E-state index contributed by atoms with van der Waals surface area (Å²) in [6, 6.07) is 2.09. The second-order valence-corrected chi connectivity index (χ2v) is 6.68. The standard InChI is InChI=1S/C14H18N4O2S2/c1-20-8-12-16-14(22-17-12)18-5-2-11(3-6-18)15-13(19)10-4-7-21-9-10/h4,7,9,11H,2-3,5-6,8H2,1H3,(H,15,19). The molecule has 0 radical (unpaired) electrons. The predicted molar refractivity (Wildman–Crippen MR) is 87.6 cm³/mol. The predicted octanol–water partition coefficient (Wildman–Crippen LogP) is 2.14. The van der Waals surface area contributed by atoms with Gasteiger partial charge in [0, 0.05) is 48.7 Å². The van der Waals surface area contributed by atoms with Crippen LogP contribution in [0.5, 0.6) is 0 Å². The molecule has 0 saturated carbocycles. The van der Waals surface area contributed by atoms with Crippen LogP contribution in [0.15, 0.2) is 16.8 Å². The maximum Gasteiger partial charge on any atom is 0.252 e. The van der Waals surface area contributed by atoms with Crippen LogP contribution >= 0.6 is 22.9 Å². The first-order valence-corrected chi connectivity index (χ1v) is 8.87. The van der Waals surface area contributed by atoms with E-state index < -0.39 is 0 Å². The third-order valence-corrected chi connectivity index (χ3v) is 5.11. The molecule has 118 valence electrons.